The number of hydrogen-bond donors (Lipinski definition) is 2. The minimum Gasteiger partial charge on any atom is -0.438 e. The highest BCUT2D eigenvalue weighted by Crippen LogP contribution is 2.34. The number of anilines is 1. The molecule has 0 radical (unpaired) electrons. The Kier molecular flexibility index (Phi) is 6.07. The molecule has 1 unspecified atom stereocenters. The first kappa shape index (κ1) is 20.7. The van der Waals surface area contributed by atoms with Crippen LogP contribution in [-0.2, 0) is 0 Å². The molecule has 3 heterocycles. The first-order valence-corrected chi connectivity index (χ1v) is 10.2. The summed E-state index contributed by atoms with van der Waals surface area (Å²) in [5, 5.41) is 19.3. The third-order valence-electron chi connectivity index (χ3n) is 5.23. The van der Waals surface area contributed by atoms with Crippen molar-refractivity contribution in [1.82, 2.24) is 15.0 Å². The van der Waals surface area contributed by atoms with Crippen molar-refractivity contribution in [2.24, 2.45) is 5.73 Å². The minimum atomic E-state index is -0.758. The zero-order valence-electron chi connectivity index (χ0n) is 17.3. The summed E-state index contributed by atoms with van der Waals surface area (Å²) in [5.41, 5.74) is 8.00. The SMILES string of the molecule is Cc1nc(Oc2cc(C#N)ccc2-c2ccc(C(O)CN)cn2)cc(N2CCCC2)n1. The number of ether oxygens (including phenoxy) is 1. The quantitative estimate of drug-likeness (QED) is 0.629. The van der Waals surface area contributed by atoms with Gasteiger partial charge in [0.15, 0.2) is 0 Å². The van der Waals surface area contributed by atoms with Crippen molar-refractivity contribution in [3.63, 3.8) is 0 Å². The van der Waals surface area contributed by atoms with Crippen LogP contribution in [0.15, 0.2) is 42.6 Å². The van der Waals surface area contributed by atoms with Crippen LogP contribution in [0.1, 0.15) is 35.9 Å². The molecule has 1 aliphatic heterocycles. The number of nitrogens with zero attached hydrogens (tertiary/aromatic N) is 5. The Morgan fingerprint density at radius 1 is 1.19 bits per heavy atom. The Bertz CT molecular complexity index is 1100. The lowest BCUT2D eigenvalue weighted by atomic mass is 10.1. The van der Waals surface area contributed by atoms with Crippen LogP contribution in [0.4, 0.5) is 5.82 Å². The van der Waals surface area contributed by atoms with Crippen LogP contribution in [0.3, 0.4) is 0 Å². The first-order chi connectivity index (χ1) is 15.1. The van der Waals surface area contributed by atoms with Gasteiger partial charge in [-0.25, -0.2) is 4.98 Å². The smallest absolute Gasteiger partial charge is 0.224 e. The van der Waals surface area contributed by atoms with E-state index in [1.165, 1.54) is 0 Å². The largest absolute Gasteiger partial charge is 0.438 e. The third-order valence-corrected chi connectivity index (χ3v) is 5.23. The van der Waals surface area contributed by atoms with Gasteiger partial charge in [-0.2, -0.15) is 10.2 Å². The number of pyridine rings is 1. The molecule has 158 valence electrons. The topological polar surface area (TPSA) is 121 Å². The normalized spacial score (nSPS) is 14.3. The van der Waals surface area contributed by atoms with Crippen LogP contribution in [0.2, 0.25) is 0 Å². The maximum absolute atomic E-state index is 9.91. The molecule has 0 bridgehead atoms. The summed E-state index contributed by atoms with van der Waals surface area (Å²) in [4.78, 5) is 15.6. The molecule has 8 heteroatoms. The molecule has 1 saturated heterocycles. The predicted octanol–water partition coefficient (Wildman–Crippen LogP) is 3.10. The molecule has 0 aliphatic carbocycles. The highest BCUT2D eigenvalue weighted by Gasteiger charge is 2.17. The molecule has 3 N–H and O–H groups in total. The summed E-state index contributed by atoms with van der Waals surface area (Å²) in [7, 11) is 0. The van der Waals surface area contributed by atoms with E-state index < -0.39 is 6.10 Å². The van der Waals surface area contributed by atoms with E-state index in [2.05, 4.69) is 25.9 Å². The van der Waals surface area contributed by atoms with Crippen LogP contribution >= 0.6 is 0 Å². The number of benzene rings is 1. The van der Waals surface area contributed by atoms with E-state index in [1.54, 1.807) is 36.5 Å². The highest BCUT2D eigenvalue weighted by atomic mass is 16.5. The van der Waals surface area contributed by atoms with Crippen molar-refractivity contribution in [3.05, 3.63) is 59.5 Å². The Morgan fingerprint density at radius 2 is 2.00 bits per heavy atom. The summed E-state index contributed by atoms with van der Waals surface area (Å²) in [5.74, 6) is 2.36. The minimum absolute atomic E-state index is 0.124. The molecule has 3 aromatic rings. The average Bonchev–Trinajstić information content (AvgIpc) is 3.33. The fourth-order valence-corrected chi connectivity index (χ4v) is 3.58. The van der Waals surface area contributed by atoms with E-state index >= 15 is 0 Å². The van der Waals surface area contributed by atoms with Gasteiger partial charge in [0.1, 0.15) is 17.4 Å². The molecule has 8 nitrogen and oxygen atoms in total. The molecule has 0 saturated carbocycles. The van der Waals surface area contributed by atoms with Crippen molar-refractivity contribution in [2.75, 3.05) is 24.5 Å². The summed E-state index contributed by atoms with van der Waals surface area (Å²) in [6, 6.07) is 12.7. The van der Waals surface area contributed by atoms with Gasteiger partial charge < -0.3 is 20.5 Å². The summed E-state index contributed by atoms with van der Waals surface area (Å²) >= 11 is 0. The van der Waals surface area contributed by atoms with E-state index in [1.807, 2.05) is 13.0 Å². The Labute approximate surface area is 181 Å². The van der Waals surface area contributed by atoms with Gasteiger partial charge in [-0.1, -0.05) is 6.07 Å². The first-order valence-electron chi connectivity index (χ1n) is 10.2. The lowest BCUT2D eigenvalue weighted by Gasteiger charge is -2.18. The fourth-order valence-electron chi connectivity index (χ4n) is 3.58. The Balaban J connectivity index is 1.69. The number of rotatable bonds is 6. The number of nitriles is 1. The van der Waals surface area contributed by atoms with Gasteiger partial charge in [-0.15, -0.1) is 0 Å². The second-order valence-electron chi connectivity index (χ2n) is 7.46. The maximum atomic E-state index is 9.91. The van der Waals surface area contributed by atoms with Gasteiger partial charge in [0.05, 0.1) is 23.4 Å². The molecule has 1 aliphatic rings. The second kappa shape index (κ2) is 9.08. The van der Waals surface area contributed by atoms with Crippen LogP contribution in [-0.4, -0.2) is 39.7 Å². The predicted molar refractivity (Wildman–Crippen MR) is 117 cm³/mol. The lowest BCUT2D eigenvalue weighted by molar-refractivity contribution is 0.186. The molecule has 2 aromatic heterocycles. The number of nitrogens with two attached hydrogens (primary N) is 1. The Morgan fingerprint density at radius 3 is 2.68 bits per heavy atom. The lowest BCUT2D eigenvalue weighted by Crippen LogP contribution is -2.19. The molecule has 1 aromatic carbocycles. The standard InChI is InChI=1S/C23H24N6O2/c1-15-27-22(29-8-2-3-9-29)11-23(28-15)31-21-10-16(12-24)4-6-18(21)19-7-5-17(14-26-19)20(30)13-25/h4-7,10-11,14,20,30H,2-3,8-9,13,25H2,1H3. The highest BCUT2D eigenvalue weighted by molar-refractivity contribution is 5.69. The van der Waals surface area contributed by atoms with Gasteiger partial charge in [0.2, 0.25) is 5.88 Å². The second-order valence-corrected chi connectivity index (χ2v) is 7.46. The van der Waals surface area contributed by atoms with E-state index in [0.29, 0.717) is 39.8 Å². The molecule has 31 heavy (non-hydrogen) atoms. The number of aromatic nitrogens is 3. The molecule has 4 rings (SSSR count). The van der Waals surface area contributed by atoms with E-state index in [9.17, 15) is 10.4 Å². The van der Waals surface area contributed by atoms with Crippen molar-refractivity contribution in [1.29, 1.82) is 5.26 Å². The van der Waals surface area contributed by atoms with E-state index in [0.717, 1.165) is 31.7 Å². The fraction of sp³-hybridized carbons (Fsp3) is 0.304. The zero-order valence-corrected chi connectivity index (χ0v) is 17.3. The number of hydrogen-bond acceptors (Lipinski definition) is 8. The molecule has 1 atom stereocenters. The molecular formula is C23H24N6O2. The molecular weight excluding hydrogens is 392 g/mol. The monoisotopic (exact) mass is 416 g/mol. The molecule has 0 amide bonds. The van der Waals surface area contributed by atoms with Crippen LogP contribution in [0.5, 0.6) is 11.6 Å². The van der Waals surface area contributed by atoms with Gasteiger partial charge in [0, 0.05) is 43.0 Å². The number of aliphatic hydroxyl groups is 1. The maximum Gasteiger partial charge on any atom is 0.224 e. The summed E-state index contributed by atoms with van der Waals surface area (Å²) in [6.07, 6.45) is 3.13. The van der Waals surface area contributed by atoms with E-state index in [-0.39, 0.29) is 6.54 Å². The van der Waals surface area contributed by atoms with Gasteiger partial charge >= 0.3 is 0 Å². The Hall–Kier alpha value is -3.54. The van der Waals surface area contributed by atoms with Crippen molar-refractivity contribution >= 4 is 5.82 Å². The molecule has 0 spiro atoms. The van der Waals surface area contributed by atoms with Crippen molar-refractivity contribution in [2.45, 2.75) is 25.9 Å². The van der Waals surface area contributed by atoms with Gasteiger partial charge in [-0.3, -0.25) is 4.98 Å². The van der Waals surface area contributed by atoms with Crippen LogP contribution in [0.25, 0.3) is 11.3 Å². The zero-order chi connectivity index (χ0) is 21.8. The van der Waals surface area contributed by atoms with Crippen molar-refractivity contribution < 1.29 is 9.84 Å². The van der Waals surface area contributed by atoms with E-state index in [4.69, 9.17) is 10.5 Å². The van der Waals surface area contributed by atoms with Crippen molar-refractivity contribution in [3.8, 4) is 29.0 Å². The number of aliphatic hydroxyl groups excluding tert-OH is 1. The summed E-state index contributed by atoms with van der Waals surface area (Å²) in [6.45, 7) is 3.90. The third kappa shape index (κ3) is 4.63. The summed E-state index contributed by atoms with van der Waals surface area (Å²) < 4.78 is 6.15. The average molecular weight is 416 g/mol. The van der Waals surface area contributed by atoms with Crippen LogP contribution in [0, 0.1) is 18.3 Å². The molecule has 1 fully saturated rings. The number of aryl methyl sites for hydroxylation is 1. The van der Waals surface area contributed by atoms with Gasteiger partial charge in [-0.05, 0) is 44.0 Å². The van der Waals surface area contributed by atoms with Crippen LogP contribution < -0.4 is 15.4 Å². The van der Waals surface area contributed by atoms with Gasteiger partial charge in [0.25, 0.3) is 0 Å².